The van der Waals surface area contributed by atoms with Gasteiger partial charge in [-0.15, -0.1) is 0 Å². The number of nitrogens with two attached hydrogens (primary N) is 1. The maximum absolute atomic E-state index is 8.85. The molecule has 5 heteroatoms. The van der Waals surface area contributed by atoms with Crippen LogP contribution < -0.4 is 10.6 Å². The van der Waals surface area contributed by atoms with Crippen LogP contribution >= 0.6 is 11.6 Å². The van der Waals surface area contributed by atoms with E-state index in [2.05, 4.69) is 23.9 Å². The van der Waals surface area contributed by atoms with Crippen molar-refractivity contribution >= 4 is 23.1 Å². The maximum atomic E-state index is 8.85. The minimum absolute atomic E-state index is 0.119. The molecule has 0 amide bonds. The number of rotatable bonds is 2. The molecule has 1 aromatic carbocycles. The highest BCUT2D eigenvalue weighted by Gasteiger charge is 2.28. The van der Waals surface area contributed by atoms with Gasteiger partial charge in [0.15, 0.2) is 5.84 Å². The number of nitrogens with zero attached hydrogens (tertiary/aromatic N) is 2. The van der Waals surface area contributed by atoms with Crippen LogP contribution in [0.4, 0.5) is 5.69 Å². The molecule has 0 saturated carbocycles. The van der Waals surface area contributed by atoms with Gasteiger partial charge in [-0.2, -0.15) is 0 Å². The fourth-order valence-corrected chi connectivity index (χ4v) is 2.81. The molecule has 0 aromatic heterocycles. The molecule has 0 radical (unpaired) electrons. The average molecular weight is 268 g/mol. The lowest BCUT2D eigenvalue weighted by Gasteiger charge is -2.26. The van der Waals surface area contributed by atoms with E-state index in [4.69, 9.17) is 22.5 Å². The molecule has 1 aromatic rings. The van der Waals surface area contributed by atoms with Crippen molar-refractivity contribution in [2.75, 3.05) is 11.4 Å². The second kappa shape index (κ2) is 5.06. The molecule has 2 rings (SSSR count). The highest BCUT2D eigenvalue weighted by molar-refractivity contribution is 6.31. The summed E-state index contributed by atoms with van der Waals surface area (Å²) in [5, 5.41) is 12.6. The maximum Gasteiger partial charge on any atom is 0.172 e. The van der Waals surface area contributed by atoms with Crippen LogP contribution in [0.5, 0.6) is 0 Å². The molecule has 2 unspecified atom stereocenters. The molecule has 3 N–H and O–H groups in total. The third-order valence-electron chi connectivity index (χ3n) is 3.44. The van der Waals surface area contributed by atoms with Crippen molar-refractivity contribution in [1.29, 1.82) is 0 Å². The summed E-state index contributed by atoms with van der Waals surface area (Å²) < 4.78 is 0. The third kappa shape index (κ3) is 2.38. The number of benzene rings is 1. The van der Waals surface area contributed by atoms with Crippen molar-refractivity contribution in [2.24, 2.45) is 16.8 Å². The number of oxime groups is 1. The van der Waals surface area contributed by atoms with Gasteiger partial charge in [-0.05, 0) is 37.5 Å². The lowest BCUT2D eigenvalue weighted by atomic mass is 10.1. The topological polar surface area (TPSA) is 61.8 Å². The molecular weight excluding hydrogens is 250 g/mol. The van der Waals surface area contributed by atoms with E-state index in [0.29, 0.717) is 17.0 Å². The summed E-state index contributed by atoms with van der Waals surface area (Å²) in [6.45, 7) is 5.37. The Morgan fingerprint density at radius 1 is 1.50 bits per heavy atom. The first-order valence-corrected chi connectivity index (χ1v) is 6.44. The molecule has 0 spiro atoms. The van der Waals surface area contributed by atoms with E-state index >= 15 is 0 Å². The number of hydrogen-bond donors (Lipinski definition) is 2. The van der Waals surface area contributed by atoms with Crippen molar-refractivity contribution in [3.8, 4) is 0 Å². The third-order valence-corrected chi connectivity index (χ3v) is 3.67. The van der Waals surface area contributed by atoms with Gasteiger partial charge in [-0.1, -0.05) is 23.7 Å². The zero-order chi connectivity index (χ0) is 13.3. The SMILES string of the molecule is CC1CC(C)N(c2cc(Cl)ccc2/C(N)=N/O)C1. The molecule has 98 valence electrons. The van der Waals surface area contributed by atoms with Crippen molar-refractivity contribution in [1.82, 2.24) is 0 Å². The zero-order valence-corrected chi connectivity index (χ0v) is 11.4. The Morgan fingerprint density at radius 3 is 2.78 bits per heavy atom. The molecule has 1 saturated heterocycles. The zero-order valence-electron chi connectivity index (χ0n) is 10.6. The summed E-state index contributed by atoms with van der Waals surface area (Å²) in [5.41, 5.74) is 7.39. The Balaban J connectivity index is 2.45. The first-order chi connectivity index (χ1) is 8.52. The van der Waals surface area contributed by atoms with E-state index in [-0.39, 0.29) is 5.84 Å². The molecular formula is C13H18ClN3O. The monoisotopic (exact) mass is 267 g/mol. The van der Waals surface area contributed by atoms with Crippen molar-refractivity contribution in [2.45, 2.75) is 26.3 Å². The van der Waals surface area contributed by atoms with Crippen molar-refractivity contribution in [3.05, 3.63) is 28.8 Å². The second-order valence-electron chi connectivity index (χ2n) is 4.99. The van der Waals surface area contributed by atoms with Crippen LogP contribution in [0.2, 0.25) is 5.02 Å². The summed E-state index contributed by atoms with van der Waals surface area (Å²) in [5.74, 6) is 0.757. The van der Waals surface area contributed by atoms with Gasteiger partial charge >= 0.3 is 0 Å². The van der Waals surface area contributed by atoms with E-state index in [1.807, 2.05) is 6.07 Å². The van der Waals surface area contributed by atoms with Gasteiger partial charge < -0.3 is 15.8 Å². The molecule has 1 heterocycles. The van der Waals surface area contributed by atoms with Crippen LogP contribution in [-0.4, -0.2) is 23.6 Å². The first-order valence-electron chi connectivity index (χ1n) is 6.07. The van der Waals surface area contributed by atoms with Crippen LogP contribution in [0, 0.1) is 5.92 Å². The number of anilines is 1. The predicted molar refractivity (Wildman–Crippen MR) is 74.6 cm³/mol. The van der Waals surface area contributed by atoms with E-state index < -0.39 is 0 Å². The van der Waals surface area contributed by atoms with Gasteiger partial charge in [0.25, 0.3) is 0 Å². The van der Waals surface area contributed by atoms with Gasteiger partial charge in [0, 0.05) is 28.9 Å². The van der Waals surface area contributed by atoms with E-state index in [0.717, 1.165) is 24.2 Å². The number of hydrogen-bond acceptors (Lipinski definition) is 3. The largest absolute Gasteiger partial charge is 0.409 e. The van der Waals surface area contributed by atoms with Crippen molar-refractivity contribution < 1.29 is 5.21 Å². The summed E-state index contributed by atoms with van der Waals surface area (Å²) in [4.78, 5) is 2.27. The quantitative estimate of drug-likeness (QED) is 0.375. The Kier molecular flexibility index (Phi) is 3.66. The molecule has 18 heavy (non-hydrogen) atoms. The smallest absolute Gasteiger partial charge is 0.172 e. The highest BCUT2D eigenvalue weighted by atomic mass is 35.5. The fourth-order valence-electron chi connectivity index (χ4n) is 2.65. The molecule has 1 aliphatic rings. The van der Waals surface area contributed by atoms with Gasteiger partial charge in [0.1, 0.15) is 0 Å². The van der Waals surface area contributed by atoms with Gasteiger partial charge in [-0.3, -0.25) is 0 Å². The van der Waals surface area contributed by atoms with E-state index in [1.165, 1.54) is 0 Å². The standard InChI is InChI=1S/C13H18ClN3O/c1-8-5-9(2)17(7-8)12-6-10(14)3-4-11(12)13(15)16-18/h3-4,6,8-9,18H,5,7H2,1-2H3,(H2,15,16). The van der Waals surface area contributed by atoms with E-state index in [1.54, 1.807) is 12.1 Å². The van der Waals surface area contributed by atoms with E-state index in [9.17, 15) is 0 Å². The fraction of sp³-hybridized carbons (Fsp3) is 0.462. The van der Waals surface area contributed by atoms with Crippen LogP contribution in [0.1, 0.15) is 25.8 Å². The van der Waals surface area contributed by atoms with Gasteiger partial charge in [-0.25, -0.2) is 0 Å². The highest BCUT2D eigenvalue weighted by Crippen LogP contribution is 2.33. The molecule has 1 aliphatic heterocycles. The summed E-state index contributed by atoms with van der Waals surface area (Å²) in [7, 11) is 0. The van der Waals surface area contributed by atoms with Gasteiger partial charge in [0.2, 0.25) is 0 Å². The number of halogens is 1. The number of amidine groups is 1. The Bertz CT molecular complexity index is 475. The lowest BCUT2D eigenvalue weighted by molar-refractivity contribution is 0.318. The molecule has 0 aliphatic carbocycles. The lowest BCUT2D eigenvalue weighted by Crippen LogP contribution is -2.29. The normalized spacial score (nSPS) is 24.6. The second-order valence-corrected chi connectivity index (χ2v) is 5.43. The average Bonchev–Trinajstić information content (AvgIpc) is 2.67. The van der Waals surface area contributed by atoms with Crippen LogP contribution in [-0.2, 0) is 0 Å². The van der Waals surface area contributed by atoms with Crippen LogP contribution in [0.15, 0.2) is 23.4 Å². The minimum atomic E-state index is 0.119. The van der Waals surface area contributed by atoms with Crippen LogP contribution in [0.25, 0.3) is 0 Å². The summed E-state index contributed by atoms with van der Waals surface area (Å²) in [6, 6.07) is 5.86. The minimum Gasteiger partial charge on any atom is -0.409 e. The van der Waals surface area contributed by atoms with Gasteiger partial charge in [0.05, 0.1) is 0 Å². The molecule has 0 bridgehead atoms. The molecule has 2 atom stereocenters. The van der Waals surface area contributed by atoms with Crippen molar-refractivity contribution in [3.63, 3.8) is 0 Å². The van der Waals surface area contributed by atoms with Crippen LogP contribution in [0.3, 0.4) is 0 Å². The Morgan fingerprint density at radius 2 is 2.22 bits per heavy atom. The Labute approximate surface area is 112 Å². The summed E-state index contributed by atoms with van der Waals surface area (Å²) in [6.07, 6.45) is 1.14. The molecule has 4 nitrogen and oxygen atoms in total. The first kappa shape index (κ1) is 13.0. The Hall–Kier alpha value is -1.42. The summed E-state index contributed by atoms with van der Waals surface area (Å²) >= 11 is 6.06. The molecule has 1 fully saturated rings. The predicted octanol–water partition coefficient (Wildman–Crippen LogP) is 2.67.